The third kappa shape index (κ3) is 3.76. The topological polar surface area (TPSA) is 61.5 Å². The number of esters is 1. The molecule has 0 spiro atoms. The number of hydrogen-bond donors (Lipinski definition) is 1. The highest BCUT2D eigenvalue weighted by molar-refractivity contribution is 5.80. The van der Waals surface area contributed by atoms with Crippen molar-refractivity contribution in [1.29, 1.82) is 0 Å². The van der Waals surface area contributed by atoms with Gasteiger partial charge in [-0.2, -0.15) is 0 Å². The van der Waals surface area contributed by atoms with E-state index in [1.165, 1.54) is 6.42 Å². The van der Waals surface area contributed by atoms with Gasteiger partial charge in [-0.3, -0.25) is 4.79 Å². The Balaban J connectivity index is 2.38. The molecule has 94 valence electrons. The van der Waals surface area contributed by atoms with Crippen LogP contribution in [-0.4, -0.2) is 30.8 Å². The molecule has 16 heavy (non-hydrogen) atoms. The fourth-order valence-corrected chi connectivity index (χ4v) is 2.00. The number of rotatable bonds is 5. The van der Waals surface area contributed by atoms with Gasteiger partial charge in [0.15, 0.2) is 0 Å². The lowest BCUT2D eigenvalue weighted by Crippen LogP contribution is -2.51. The molecule has 1 rings (SSSR count). The summed E-state index contributed by atoms with van der Waals surface area (Å²) in [7, 11) is 0. The van der Waals surface area contributed by atoms with Crippen molar-refractivity contribution < 1.29 is 14.3 Å². The van der Waals surface area contributed by atoms with Crippen molar-refractivity contribution in [2.24, 2.45) is 5.73 Å². The summed E-state index contributed by atoms with van der Waals surface area (Å²) in [5.41, 5.74) is 5.31. The normalized spacial score (nSPS) is 21.4. The molecule has 1 saturated carbocycles. The van der Waals surface area contributed by atoms with Crippen LogP contribution in [0, 0.1) is 0 Å². The van der Waals surface area contributed by atoms with E-state index in [2.05, 4.69) is 0 Å². The van der Waals surface area contributed by atoms with E-state index >= 15 is 0 Å². The lowest BCUT2D eigenvalue weighted by Gasteiger charge is -2.31. The van der Waals surface area contributed by atoms with Gasteiger partial charge in [-0.25, -0.2) is 0 Å². The van der Waals surface area contributed by atoms with Crippen LogP contribution >= 0.6 is 0 Å². The molecule has 0 aromatic carbocycles. The van der Waals surface area contributed by atoms with E-state index in [1.807, 2.05) is 13.8 Å². The number of nitrogens with two attached hydrogens (primary N) is 1. The summed E-state index contributed by atoms with van der Waals surface area (Å²) in [5.74, 6) is -0.264. The van der Waals surface area contributed by atoms with Crippen molar-refractivity contribution in [2.75, 3.05) is 13.2 Å². The van der Waals surface area contributed by atoms with Gasteiger partial charge >= 0.3 is 5.97 Å². The Kier molecular flexibility index (Phi) is 5.22. The summed E-state index contributed by atoms with van der Waals surface area (Å²) in [5, 5.41) is 0. The fourth-order valence-electron chi connectivity index (χ4n) is 2.00. The van der Waals surface area contributed by atoms with Gasteiger partial charge in [-0.1, -0.05) is 19.3 Å². The Labute approximate surface area is 97.5 Å². The average Bonchev–Trinajstić information content (AvgIpc) is 2.27. The zero-order valence-corrected chi connectivity index (χ0v) is 10.3. The van der Waals surface area contributed by atoms with Gasteiger partial charge in [0.2, 0.25) is 0 Å². The summed E-state index contributed by atoms with van der Waals surface area (Å²) >= 11 is 0. The van der Waals surface area contributed by atoms with Crippen molar-refractivity contribution in [1.82, 2.24) is 0 Å². The number of hydrogen-bond acceptors (Lipinski definition) is 4. The van der Waals surface area contributed by atoms with Crippen LogP contribution < -0.4 is 5.73 Å². The Morgan fingerprint density at radius 1 is 1.38 bits per heavy atom. The molecule has 2 N–H and O–H groups in total. The lowest BCUT2D eigenvalue weighted by molar-refractivity contribution is -0.159. The molecule has 0 amide bonds. The molecule has 4 heteroatoms. The minimum absolute atomic E-state index is 0.213. The third-order valence-electron chi connectivity index (χ3n) is 3.02. The Morgan fingerprint density at radius 2 is 2.00 bits per heavy atom. The van der Waals surface area contributed by atoms with Crippen molar-refractivity contribution in [3.8, 4) is 0 Å². The minimum atomic E-state index is -0.751. The molecule has 1 aliphatic rings. The predicted molar refractivity (Wildman–Crippen MR) is 62.1 cm³/mol. The van der Waals surface area contributed by atoms with E-state index < -0.39 is 5.54 Å². The molecule has 4 nitrogen and oxygen atoms in total. The maximum Gasteiger partial charge on any atom is 0.326 e. The van der Waals surface area contributed by atoms with Crippen LogP contribution in [0.2, 0.25) is 0 Å². The Morgan fingerprint density at radius 3 is 2.56 bits per heavy atom. The van der Waals surface area contributed by atoms with Crippen LogP contribution in [-0.2, 0) is 14.3 Å². The highest BCUT2D eigenvalue weighted by Crippen LogP contribution is 2.27. The highest BCUT2D eigenvalue weighted by atomic mass is 16.6. The molecule has 0 aromatic heterocycles. The monoisotopic (exact) mass is 229 g/mol. The molecule has 0 radical (unpaired) electrons. The maximum absolute atomic E-state index is 11.9. The van der Waals surface area contributed by atoms with Gasteiger partial charge in [-0.15, -0.1) is 0 Å². The van der Waals surface area contributed by atoms with E-state index in [4.69, 9.17) is 15.2 Å². The van der Waals surface area contributed by atoms with Gasteiger partial charge in [0.05, 0.1) is 6.61 Å². The van der Waals surface area contributed by atoms with Crippen molar-refractivity contribution >= 4 is 5.97 Å². The fraction of sp³-hybridized carbons (Fsp3) is 0.917. The first-order valence-electron chi connectivity index (χ1n) is 6.16. The quantitative estimate of drug-likeness (QED) is 0.728. The molecule has 0 aromatic rings. The van der Waals surface area contributed by atoms with Gasteiger partial charge in [0, 0.05) is 6.61 Å². The molecule has 1 aliphatic carbocycles. The SMILES string of the molecule is CCOCC(C)OC(=O)C1(N)CCCCC1. The van der Waals surface area contributed by atoms with Crippen LogP contribution in [0.1, 0.15) is 46.0 Å². The summed E-state index contributed by atoms with van der Waals surface area (Å²) in [6.45, 7) is 4.83. The van der Waals surface area contributed by atoms with E-state index in [0.717, 1.165) is 25.7 Å². The predicted octanol–water partition coefficient (Wildman–Crippen LogP) is 1.62. The molecule has 1 atom stereocenters. The lowest BCUT2D eigenvalue weighted by atomic mass is 9.83. The van der Waals surface area contributed by atoms with Crippen molar-refractivity contribution in [2.45, 2.75) is 57.6 Å². The van der Waals surface area contributed by atoms with Gasteiger partial charge < -0.3 is 15.2 Å². The van der Waals surface area contributed by atoms with Crippen LogP contribution in [0.3, 0.4) is 0 Å². The number of carbonyl (C=O) groups is 1. The van der Waals surface area contributed by atoms with Crippen molar-refractivity contribution in [3.63, 3.8) is 0 Å². The van der Waals surface area contributed by atoms with Gasteiger partial charge in [0.1, 0.15) is 11.6 Å². The Bertz CT molecular complexity index is 224. The van der Waals surface area contributed by atoms with Gasteiger partial charge in [0.25, 0.3) is 0 Å². The van der Waals surface area contributed by atoms with Gasteiger partial charge in [-0.05, 0) is 26.7 Å². The summed E-state index contributed by atoms with van der Waals surface area (Å²) < 4.78 is 10.5. The maximum atomic E-state index is 11.9. The first kappa shape index (κ1) is 13.5. The molecule has 0 heterocycles. The first-order chi connectivity index (χ1) is 7.58. The number of ether oxygens (including phenoxy) is 2. The molecule has 0 saturated heterocycles. The summed E-state index contributed by atoms with van der Waals surface area (Å²) in [6, 6.07) is 0. The molecular formula is C12H23NO3. The molecular weight excluding hydrogens is 206 g/mol. The largest absolute Gasteiger partial charge is 0.459 e. The first-order valence-corrected chi connectivity index (χ1v) is 6.16. The Hall–Kier alpha value is -0.610. The second-order valence-electron chi connectivity index (χ2n) is 4.59. The van der Waals surface area contributed by atoms with Crippen LogP contribution in [0.4, 0.5) is 0 Å². The zero-order valence-electron chi connectivity index (χ0n) is 10.3. The number of carbonyl (C=O) groups excluding carboxylic acids is 1. The molecule has 1 unspecified atom stereocenters. The zero-order chi connectivity index (χ0) is 12.0. The molecule has 1 fully saturated rings. The second-order valence-corrected chi connectivity index (χ2v) is 4.59. The highest BCUT2D eigenvalue weighted by Gasteiger charge is 2.37. The van der Waals surface area contributed by atoms with E-state index in [9.17, 15) is 4.79 Å². The smallest absolute Gasteiger partial charge is 0.326 e. The second kappa shape index (κ2) is 6.21. The third-order valence-corrected chi connectivity index (χ3v) is 3.02. The van der Waals surface area contributed by atoms with Crippen LogP contribution in [0.25, 0.3) is 0 Å². The molecule has 0 aliphatic heterocycles. The molecule has 0 bridgehead atoms. The summed E-state index contributed by atoms with van der Waals surface area (Å²) in [4.78, 5) is 11.9. The van der Waals surface area contributed by atoms with E-state index in [1.54, 1.807) is 0 Å². The van der Waals surface area contributed by atoms with Crippen LogP contribution in [0.15, 0.2) is 0 Å². The van der Waals surface area contributed by atoms with E-state index in [-0.39, 0.29) is 12.1 Å². The average molecular weight is 229 g/mol. The van der Waals surface area contributed by atoms with E-state index in [0.29, 0.717) is 13.2 Å². The summed E-state index contributed by atoms with van der Waals surface area (Å²) in [6.07, 6.45) is 4.48. The standard InChI is InChI=1S/C12H23NO3/c1-3-15-9-10(2)16-11(14)12(13)7-5-4-6-8-12/h10H,3-9,13H2,1-2H3. The van der Waals surface area contributed by atoms with Crippen LogP contribution in [0.5, 0.6) is 0 Å². The van der Waals surface area contributed by atoms with Crippen molar-refractivity contribution in [3.05, 3.63) is 0 Å². The minimum Gasteiger partial charge on any atom is -0.459 e.